The van der Waals surface area contributed by atoms with Crippen LogP contribution in [-0.2, 0) is 9.47 Å². The van der Waals surface area contributed by atoms with E-state index in [1.807, 2.05) is 0 Å². The maximum absolute atomic E-state index is 12.3. The third kappa shape index (κ3) is 8.36. The van der Waals surface area contributed by atoms with E-state index in [0.717, 1.165) is 0 Å². The molecule has 1 fully saturated rings. The maximum Gasteiger partial charge on any atom is 0.428 e. The van der Waals surface area contributed by atoms with Crippen LogP contribution in [-0.4, -0.2) is 57.1 Å². The molecule has 1 atom stereocenters. The molecule has 0 aromatic rings. The monoisotopic (exact) mass is 370 g/mol. The molecular weight excluding hydrogens is 346 g/mol. The summed E-state index contributed by atoms with van der Waals surface area (Å²) in [5, 5.41) is 8.80. The van der Waals surface area contributed by atoms with Gasteiger partial charge in [-0.1, -0.05) is 26.2 Å². The van der Waals surface area contributed by atoms with Crippen LogP contribution in [0.15, 0.2) is 0 Å². The molecule has 0 bridgehead atoms. The highest BCUT2D eigenvalue weighted by Gasteiger charge is 2.70. The molecule has 23 heavy (non-hydrogen) atoms. The Balaban J connectivity index is 0.000000841. The highest BCUT2D eigenvalue weighted by molar-refractivity contribution is 6.74. The van der Waals surface area contributed by atoms with Crippen LogP contribution in [0, 0.1) is 0 Å². The van der Waals surface area contributed by atoms with Crippen molar-refractivity contribution in [3.05, 3.63) is 0 Å². The normalized spacial score (nSPS) is 20.7. The first-order valence-electron chi connectivity index (χ1n) is 7.13. The lowest BCUT2D eigenvalue weighted by molar-refractivity contribution is -0.380. The largest absolute Gasteiger partial charge is 0.428 e. The lowest BCUT2D eigenvalue weighted by atomic mass is 10.0. The summed E-state index contributed by atoms with van der Waals surface area (Å²) >= 11 is 0. The molecule has 1 N–H and O–H groups in total. The van der Waals surface area contributed by atoms with Crippen LogP contribution in [0.1, 0.15) is 12.8 Å². The molecule has 0 aliphatic carbocycles. The van der Waals surface area contributed by atoms with Crippen molar-refractivity contribution in [1.82, 2.24) is 0 Å². The van der Waals surface area contributed by atoms with Crippen molar-refractivity contribution in [3.63, 3.8) is 0 Å². The zero-order valence-electron chi connectivity index (χ0n) is 13.6. The van der Waals surface area contributed by atoms with Gasteiger partial charge in [-0.2, -0.15) is 26.3 Å². The molecular formula is C13H24F6O3Si. The summed E-state index contributed by atoms with van der Waals surface area (Å²) in [6, 6.07) is 0. The molecule has 0 saturated carbocycles. The summed E-state index contributed by atoms with van der Waals surface area (Å²) in [4.78, 5) is 0. The lowest BCUT2D eigenvalue weighted by Gasteiger charge is -2.33. The van der Waals surface area contributed by atoms with Crippen LogP contribution in [0.25, 0.3) is 0 Å². The highest BCUT2D eigenvalue weighted by Crippen LogP contribution is 2.43. The molecule has 0 amide bonds. The van der Waals surface area contributed by atoms with E-state index in [2.05, 4.69) is 30.9 Å². The highest BCUT2D eigenvalue weighted by atomic mass is 28.3. The van der Waals surface area contributed by atoms with Gasteiger partial charge in [0.2, 0.25) is 0 Å². The standard InChI is InChI=1S/C9H12F6O3.C4H12Si/c10-8(11,12)7(16,9(13,14)15)5-18-6-2-1-3-17-4-6;1-5(2,3)4/h6,16H,1-5H2;1-4H3. The predicted molar refractivity (Wildman–Crippen MR) is 76.1 cm³/mol. The smallest absolute Gasteiger partial charge is 0.379 e. The van der Waals surface area contributed by atoms with Crippen molar-refractivity contribution in [2.75, 3.05) is 19.8 Å². The molecule has 0 aromatic heterocycles. The van der Waals surface area contributed by atoms with Crippen LogP contribution in [0.4, 0.5) is 26.3 Å². The van der Waals surface area contributed by atoms with Gasteiger partial charge in [-0.25, -0.2) is 0 Å². The first-order valence-corrected chi connectivity index (χ1v) is 11.1. The third-order valence-corrected chi connectivity index (χ3v) is 2.58. The van der Waals surface area contributed by atoms with E-state index in [0.29, 0.717) is 19.4 Å². The first-order chi connectivity index (χ1) is 10.1. The second-order valence-corrected chi connectivity index (χ2v) is 13.0. The second-order valence-electron chi connectivity index (χ2n) is 7.01. The number of alkyl halides is 6. The Morgan fingerprint density at radius 2 is 1.48 bits per heavy atom. The van der Waals surface area contributed by atoms with E-state index in [1.165, 1.54) is 0 Å². The Morgan fingerprint density at radius 1 is 1.04 bits per heavy atom. The summed E-state index contributed by atoms with van der Waals surface area (Å²) in [7, 11) is -0.611. The van der Waals surface area contributed by atoms with Gasteiger partial charge in [-0.05, 0) is 12.8 Å². The van der Waals surface area contributed by atoms with Gasteiger partial charge in [-0.15, -0.1) is 0 Å². The van der Waals surface area contributed by atoms with E-state index < -0.39 is 38.7 Å². The average Bonchev–Trinajstić information content (AvgIpc) is 2.32. The molecule has 140 valence electrons. The summed E-state index contributed by atoms with van der Waals surface area (Å²) in [6.45, 7) is 7.74. The van der Waals surface area contributed by atoms with Gasteiger partial charge in [-0.3, -0.25) is 0 Å². The molecule has 1 saturated heterocycles. The zero-order chi connectivity index (χ0) is 18.5. The van der Waals surface area contributed by atoms with E-state index in [4.69, 9.17) is 9.84 Å². The fraction of sp³-hybridized carbons (Fsp3) is 1.00. The van der Waals surface area contributed by atoms with Gasteiger partial charge < -0.3 is 14.6 Å². The van der Waals surface area contributed by atoms with Crippen molar-refractivity contribution in [2.45, 2.75) is 63.1 Å². The Labute approximate surface area is 133 Å². The fourth-order valence-electron chi connectivity index (χ4n) is 1.41. The minimum atomic E-state index is -5.85. The Bertz CT molecular complexity index is 325. The van der Waals surface area contributed by atoms with Crippen LogP contribution in [0.3, 0.4) is 0 Å². The number of hydrogen-bond acceptors (Lipinski definition) is 3. The van der Waals surface area contributed by atoms with Crippen molar-refractivity contribution in [2.24, 2.45) is 0 Å². The molecule has 1 aliphatic rings. The van der Waals surface area contributed by atoms with E-state index in [9.17, 15) is 26.3 Å². The van der Waals surface area contributed by atoms with E-state index >= 15 is 0 Å². The van der Waals surface area contributed by atoms with Gasteiger partial charge in [0.25, 0.3) is 5.60 Å². The van der Waals surface area contributed by atoms with E-state index in [1.54, 1.807) is 0 Å². The third-order valence-electron chi connectivity index (χ3n) is 2.58. The summed E-state index contributed by atoms with van der Waals surface area (Å²) in [5.74, 6) is 0. The fourth-order valence-corrected chi connectivity index (χ4v) is 1.41. The summed E-state index contributed by atoms with van der Waals surface area (Å²) in [5.41, 5.74) is -4.85. The van der Waals surface area contributed by atoms with Crippen molar-refractivity contribution in [3.8, 4) is 0 Å². The molecule has 0 radical (unpaired) electrons. The molecule has 10 heteroatoms. The van der Waals surface area contributed by atoms with Crippen molar-refractivity contribution < 1.29 is 40.9 Å². The number of ether oxygens (including phenoxy) is 2. The molecule has 1 unspecified atom stereocenters. The molecule has 0 spiro atoms. The minimum Gasteiger partial charge on any atom is -0.379 e. The summed E-state index contributed by atoms with van der Waals surface area (Å²) in [6.07, 6.45) is -11.8. The van der Waals surface area contributed by atoms with Crippen LogP contribution in [0.2, 0.25) is 26.2 Å². The first kappa shape index (κ1) is 22.7. The Kier molecular flexibility index (Phi) is 8.06. The van der Waals surface area contributed by atoms with Gasteiger partial charge in [0.05, 0.1) is 19.3 Å². The van der Waals surface area contributed by atoms with Gasteiger partial charge in [0.15, 0.2) is 0 Å². The number of halogens is 6. The van der Waals surface area contributed by atoms with Crippen LogP contribution in [0.5, 0.6) is 0 Å². The topological polar surface area (TPSA) is 38.7 Å². The van der Waals surface area contributed by atoms with Gasteiger partial charge in [0, 0.05) is 14.7 Å². The Morgan fingerprint density at radius 3 is 1.78 bits per heavy atom. The zero-order valence-corrected chi connectivity index (χ0v) is 14.6. The second kappa shape index (κ2) is 8.17. The molecule has 1 heterocycles. The quantitative estimate of drug-likeness (QED) is 0.603. The maximum atomic E-state index is 12.3. The number of rotatable bonds is 3. The molecule has 3 nitrogen and oxygen atoms in total. The molecule has 0 aromatic carbocycles. The molecule has 1 rings (SSSR count). The van der Waals surface area contributed by atoms with E-state index in [-0.39, 0.29) is 6.61 Å². The van der Waals surface area contributed by atoms with Crippen LogP contribution >= 0.6 is 0 Å². The number of aliphatic hydroxyl groups is 1. The molecule has 1 aliphatic heterocycles. The van der Waals surface area contributed by atoms with Crippen molar-refractivity contribution in [1.29, 1.82) is 0 Å². The lowest BCUT2D eigenvalue weighted by Crippen LogP contribution is -2.60. The number of hydrogen-bond donors (Lipinski definition) is 1. The predicted octanol–water partition coefficient (Wildman–Crippen LogP) is 3.99. The average molecular weight is 370 g/mol. The Hall–Kier alpha value is -0.323. The van der Waals surface area contributed by atoms with Gasteiger partial charge >= 0.3 is 12.4 Å². The SMILES string of the molecule is C[Si](C)(C)C.OC(COC1CCCOC1)(C(F)(F)F)C(F)(F)F. The van der Waals surface area contributed by atoms with Crippen molar-refractivity contribution >= 4 is 8.07 Å². The summed E-state index contributed by atoms with van der Waals surface area (Å²) < 4.78 is 83.0. The van der Waals surface area contributed by atoms with Gasteiger partial charge in [0.1, 0.15) is 0 Å². The minimum absolute atomic E-state index is 0.0776. The van der Waals surface area contributed by atoms with Crippen LogP contribution < -0.4 is 0 Å².